The summed E-state index contributed by atoms with van der Waals surface area (Å²) in [5.41, 5.74) is 13.2. The van der Waals surface area contributed by atoms with Crippen molar-refractivity contribution >= 4 is 70.1 Å². The molecule has 0 bridgehead atoms. The zero-order chi connectivity index (χ0) is 38.4. The zero-order valence-corrected chi connectivity index (χ0v) is 32.5. The second-order valence-corrected chi connectivity index (χ2v) is 15.9. The molecule has 0 amide bonds. The minimum Gasteiger partial charge on any atom is -0.310 e. The maximum absolute atomic E-state index is 2.40. The van der Waals surface area contributed by atoms with E-state index < -0.39 is 0 Å². The molecular formula is C56H37NS. The quantitative estimate of drug-likeness (QED) is 0.157. The predicted octanol–water partition coefficient (Wildman–Crippen LogP) is 16.5. The molecule has 0 fully saturated rings. The summed E-state index contributed by atoms with van der Waals surface area (Å²) in [6.07, 6.45) is 0. The highest BCUT2D eigenvalue weighted by molar-refractivity contribution is 7.26. The highest BCUT2D eigenvalue weighted by Crippen LogP contribution is 2.45. The van der Waals surface area contributed by atoms with E-state index in [1.807, 2.05) is 11.3 Å². The average molecular weight is 756 g/mol. The molecule has 0 saturated carbocycles. The number of fused-ring (bicyclic) bond motifs is 5. The van der Waals surface area contributed by atoms with Crippen molar-refractivity contribution < 1.29 is 0 Å². The van der Waals surface area contributed by atoms with E-state index in [4.69, 9.17) is 0 Å². The molecule has 1 aromatic heterocycles. The van der Waals surface area contributed by atoms with Crippen LogP contribution in [0.1, 0.15) is 0 Å². The van der Waals surface area contributed by atoms with Crippen LogP contribution < -0.4 is 4.90 Å². The van der Waals surface area contributed by atoms with Crippen LogP contribution in [0.3, 0.4) is 0 Å². The Hall–Kier alpha value is -7.26. The number of rotatable bonds is 7. The molecule has 10 aromatic carbocycles. The van der Waals surface area contributed by atoms with E-state index in [2.05, 4.69) is 229 Å². The van der Waals surface area contributed by atoms with Gasteiger partial charge >= 0.3 is 0 Å². The van der Waals surface area contributed by atoms with Gasteiger partial charge in [-0.3, -0.25) is 0 Å². The van der Waals surface area contributed by atoms with Gasteiger partial charge in [0, 0.05) is 42.8 Å². The summed E-state index contributed by atoms with van der Waals surface area (Å²) >= 11 is 1.88. The Labute approximate surface area is 342 Å². The molecule has 0 N–H and O–H groups in total. The van der Waals surface area contributed by atoms with Crippen LogP contribution in [-0.2, 0) is 0 Å². The Balaban J connectivity index is 1.03. The monoisotopic (exact) mass is 755 g/mol. The third kappa shape index (κ3) is 6.03. The number of anilines is 3. The standard InChI is InChI=1S/C56H37NS/c1-2-13-40(14-3-1)50-19-8-9-20-51(50)53-22-11-23-54-52-35-34-47(37-55(52)58-56(53)54)57(45-30-26-39(27-31-45)44-25-24-38-12-4-5-16-43(38)36-44)46-32-28-42(29-33-46)49-21-10-17-41-15-6-7-18-48(41)49/h1-37H. The molecule has 0 radical (unpaired) electrons. The second kappa shape index (κ2) is 14.4. The molecule has 272 valence electrons. The molecule has 1 nitrogen and oxygen atoms in total. The van der Waals surface area contributed by atoms with Crippen molar-refractivity contribution in [1.29, 1.82) is 0 Å². The van der Waals surface area contributed by atoms with E-state index in [0.29, 0.717) is 0 Å². The topological polar surface area (TPSA) is 3.24 Å². The van der Waals surface area contributed by atoms with Gasteiger partial charge in [0.2, 0.25) is 0 Å². The van der Waals surface area contributed by atoms with Gasteiger partial charge < -0.3 is 4.90 Å². The lowest BCUT2D eigenvalue weighted by Gasteiger charge is -2.26. The lowest BCUT2D eigenvalue weighted by atomic mass is 9.94. The van der Waals surface area contributed by atoms with Crippen molar-refractivity contribution in [1.82, 2.24) is 0 Å². The van der Waals surface area contributed by atoms with Gasteiger partial charge in [-0.25, -0.2) is 0 Å². The van der Waals surface area contributed by atoms with Gasteiger partial charge in [-0.05, 0) is 103 Å². The largest absolute Gasteiger partial charge is 0.310 e. The van der Waals surface area contributed by atoms with Gasteiger partial charge in [-0.15, -0.1) is 11.3 Å². The maximum atomic E-state index is 2.40. The molecular weight excluding hydrogens is 719 g/mol. The van der Waals surface area contributed by atoms with E-state index in [0.717, 1.165) is 17.1 Å². The molecule has 2 heteroatoms. The molecule has 0 aliphatic carbocycles. The molecule has 0 aliphatic rings. The molecule has 58 heavy (non-hydrogen) atoms. The lowest BCUT2D eigenvalue weighted by molar-refractivity contribution is 1.29. The Kier molecular flexibility index (Phi) is 8.42. The van der Waals surface area contributed by atoms with Crippen molar-refractivity contribution in [3.63, 3.8) is 0 Å². The Morgan fingerprint density at radius 2 is 0.828 bits per heavy atom. The summed E-state index contributed by atoms with van der Waals surface area (Å²) in [6, 6.07) is 81.8. The lowest BCUT2D eigenvalue weighted by Crippen LogP contribution is -2.09. The van der Waals surface area contributed by atoms with E-state index in [1.165, 1.54) is 86.2 Å². The number of thiophene rings is 1. The Morgan fingerprint density at radius 3 is 1.64 bits per heavy atom. The molecule has 0 unspecified atom stereocenters. The predicted molar refractivity (Wildman–Crippen MR) is 251 cm³/mol. The summed E-state index contributed by atoms with van der Waals surface area (Å²) in [5, 5.41) is 7.59. The average Bonchev–Trinajstić information content (AvgIpc) is 3.68. The zero-order valence-electron chi connectivity index (χ0n) is 31.7. The van der Waals surface area contributed by atoms with Crippen LogP contribution in [0.5, 0.6) is 0 Å². The summed E-state index contributed by atoms with van der Waals surface area (Å²) in [4.78, 5) is 2.40. The third-order valence-electron chi connectivity index (χ3n) is 11.5. The normalized spacial score (nSPS) is 11.4. The van der Waals surface area contributed by atoms with Crippen LogP contribution in [0.4, 0.5) is 17.1 Å². The third-order valence-corrected chi connectivity index (χ3v) is 12.7. The highest BCUT2D eigenvalue weighted by atomic mass is 32.1. The summed E-state index contributed by atoms with van der Waals surface area (Å²) in [6.45, 7) is 0. The number of benzene rings is 10. The van der Waals surface area contributed by atoms with Crippen molar-refractivity contribution in [3.05, 3.63) is 224 Å². The fraction of sp³-hybridized carbons (Fsp3) is 0. The van der Waals surface area contributed by atoms with Crippen LogP contribution in [0.25, 0.3) is 86.2 Å². The van der Waals surface area contributed by atoms with Gasteiger partial charge in [-0.1, -0.05) is 182 Å². The van der Waals surface area contributed by atoms with E-state index in [9.17, 15) is 0 Å². The van der Waals surface area contributed by atoms with Gasteiger partial charge in [0.05, 0.1) is 0 Å². The van der Waals surface area contributed by atoms with Gasteiger partial charge in [0.15, 0.2) is 0 Å². The fourth-order valence-electron chi connectivity index (χ4n) is 8.61. The van der Waals surface area contributed by atoms with Crippen LogP contribution in [0.15, 0.2) is 224 Å². The Bertz CT molecular complexity index is 3260. The van der Waals surface area contributed by atoms with Crippen molar-refractivity contribution in [2.24, 2.45) is 0 Å². The minimum absolute atomic E-state index is 1.11. The first kappa shape index (κ1) is 34.0. The van der Waals surface area contributed by atoms with E-state index >= 15 is 0 Å². The maximum Gasteiger partial charge on any atom is 0.0476 e. The molecule has 11 rings (SSSR count). The van der Waals surface area contributed by atoms with Crippen LogP contribution >= 0.6 is 11.3 Å². The van der Waals surface area contributed by atoms with Crippen LogP contribution in [-0.4, -0.2) is 0 Å². The van der Waals surface area contributed by atoms with E-state index in [1.54, 1.807) is 0 Å². The van der Waals surface area contributed by atoms with Crippen molar-refractivity contribution in [2.75, 3.05) is 4.90 Å². The minimum atomic E-state index is 1.11. The molecule has 0 saturated heterocycles. The first-order valence-electron chi connectivity index (χ1n) is 19.8. The summed E-state index contributed by atoms with van der Waals surface area (Å²) < 4.78 is 2.58. The summed E-state index contributed by atoms with van der Waals surface area (Å²) in [5.74, 6) is 0. The van der Waals surface area contributed by atoms with Crippen LogP contribution in [0.2, 0.25) is 0 Å². The molecule has 0 atom stereocenters. The highest BCUT2D eigenvalue weighted by Gasteiger charge is 2.18. The number of hydrogen-bond donors (Lipinski definition) is 0. The molecule has 0 aliphatic heterocycles. The van der Waals surface area contributed by atoms with E-state index in [-0.39, 0.29) is 0 Å². The van der Waals surface area contributed by atoms with Gasteiger partial charge in [0.1, 0.15) is 0 Å². The molecule has 1 heterocycles. The van der Waals surface area contributed by atoms with Crippen molar-refractivity contribution in [2.45, 2.75) is 0 Å². The fourth-order valence-corrected chi connectivity index (χ4v) is 9.88. The molecule has 11 aromatic rings. The van der Waals surface area contributed by atoms with Crippen LogP contribution in [0, 0.1) is 0 Å². The SMILES string of the molecule is c1ccc(-c2ccccc2-c2cccc3c2sc2cc(N(c4ccc(-c5ccc6ccccc6c5)cc4)c4ccc(-c5cccc6ccccc56)cc4)ccc23)cc1. The number of hydrogen-bond acceptors (Lipinski definition) is 2. The first-order valence-corrected chi connectivity index (χ1v) is 20.6. The molecule has 0 spiro atoms. The van der Waals surface area contributed by atoms with Crippen molar-refractivity contribution in [3.8, 4) is 44.5 Å². The number of nitrogens with zero attached hydrogens (tertiary/aromatic N) is 1. The first-order chi connectivity index (χ1) is 28.7. The van der Waals surface area contributed by atoms with Gasteiger partial charge in [-0.2, -0.15) is 0 Å². The smallest absolute Gasteiger partial charge is 0.0476 e. The summed E-state index contributed by atoms with van der Waals surface area (Å²) in [7, 11) is 0. The Morgan fingerprint density at radius 1 is 0.276 bits per heavy atom. The van der Waals surface area contributed by atoms with Gasteiger partial charge in [0.25, 0.3) is 0 Å². The second-order valence-electron chi connectivity index (χ2n) is 14.9.